The minimum atomic E-state index is -4.71. The van der Waals surface area contributed by atoms with Crippen molar-refractivity contribution >= 4 is 0 Å². The van der Waals surface area contributed by atoms with Gasteiger partial charge in [-0.25, -0.2) is 0 Å². The van der Waals surface area contributed by atoms with E-state index in [1.807, 2.05) is 0 Å². The van der Waals surface area contributed by atoms with Crippen LogP contribution in [0.15, 0.2) is 39.9 Å². The Morgan fingerprint density at radius 3 is 2.24 bits per heavy atom. The predicted molar refractivity (Wildman–Crippen MR) is 68.2 cm³/mol. The van der Waals surface area contributed by atoms with Gasteiger partial charge in [-0.2, -0.15) is 0 Å². The molecule has 0 aliphatic rings. The van der Waals surface area contributed by atoms with E-state index in [2.05, 4.69) is 14.9 Å². The molecule has 1 aromatic carbocycles. The van der Waals surface area contributed by atoms with Gasteiger partial charge < -0.3 is 9.84 Å². The van der Waals surface area contributed by atoms with Crippen LogP contribution in [0.2, 0.25) is 0 Å². The number of ether oxygens (including phenoxy) is 1. The normalized spacial score (nSPS) is 11.4. The number of aryl methyl sites for hydroxylation is 2. The maximum atomic E-state index is 12.0. The first-order valence-electron chi connectivity index (χ1n) is 5.99. The molecule has 2 aromatic rings. The summed E-state index contributed by atoms with van der Waals surface area (Å²) in [5.74, 6) is -0.288. The molecule has 2 rings (SSSR count). The van der Waals surface area contributed by atoms with Gasteiger partial charge in [0.15, 0.2) is 0 Å². The maximum Gasteiger partial charge on any atom is 0.573 e. The van der Waals surface area contributed by atoms with E-state index in [9.17, 15) is 22.8 Å². The maximum absolute atomic E-state index is 12.0. The van der Waals surface area contributed by atoms with Gasteiger partial charge in [0.1, 0.15) is 5.75 Å². The van der Waals surface area contributed by atoms with Gasteiger partial charge in [-0.3, -0.25) is 14.7 Å². The van der Waals surface area contributed by atoms with Crippen molar-refractivity contribution < 1.29 is 17.9 Å². The van der Waals surface area contributed by atoms with E-state index in [-0.39, 0.29) is 5.75 Å². The van der Waals surface area contributed by atoms with Crippen LogP contribution < -0.4 is 15.7 Å². The summed E-state index contributed by atoms with van der Waals surface area (Å²) < 4.78 is 39.8. The zero-order chi connectivity index (χ0) is 15.5. The molecule has 0 aliphatic heterocycles. The summed E-state index contributed by atoms with van der Waals surface area (Å²) in [6.07, 6.45) is -3.78. The molecule has 21 heavy (non-hydrogen) atoms. The third-order valence-corrected chi connectivity index (χ3v) is 2.71. The molecule has 112 valence electrons. The standard InChI is InChI=1S/C13H11F3N2O3/c14-13(15,16)21-10-5-2-8(3-6-10)1-4-9-7-11(19)12(20)18-17-9/h2-3,5-7H,1,4H2,(H,17,19)(H,18,20). The van der Waals surface area contributed by atoms with Crippen LogP contribution in [-0.2, 0) is 12.8 Å². The van der Waals surface area contributed by atoms with Crippen LogP contribution in [-0.4, -0.2) is 16.6 Å². The van der Waals surface area contributed by atoms with Crippen LogP contribution in [0.5, 0.6) is 5.75 Å². The summed E-state index contributed by atoms with van der Waals surface area (Å²) in [7, 11) is 0. The Bertz CT molecular complexity index is 717. The number of nitrogens with one attached hydrogen (secondary N) is 2. The third-order valence-electron chi connectivity index (χ3n) is 2.71. The van der Waals surface area contributed by atoms with E-state index >= 15 is 0 Å². The molecule has 0 aliphatic carbocycles. The zero-order valence-corrected chi connectivity index (χ0v) is 10.7. The molecule has 0 bridgehead atoms. The highest BCUT2D eigenvalue weighted by Crippen LogP contribution is 2.22. The lowest BCUT2D eigenvalue weighted by molar-refractivity contribution is -0.274. The Balaban J connectivity index is 1.99. The first-order chi connectivity index (χ1) is 9.83. The number of halogens is 3. The highest BCUT2D eigenvalue weighted by atomic mass is 19.4. The minimum absolute atomic E-state index is 0.288. The third kappa shape index (κ3) is 4.51. The summed E-state index contributed by atoms with van der Waals surface area (Å²) in [4.78, 5) is 22.0. The van der Waals surface area contributed by atoms with Crippen molar-refractivity contribution in [1.29, 1.82) is 0 Å². The van der Waals surface area contributed by atoms with Gasteiger partial charge in [0, 0.05) is 11.8 Å². The van der Waals surface area contributed by atoms with Crippen molar-refractivity contribution in [2.24, 2.45) is 0 Å². The average molecular weight is 300 g/mol. The topological polar surface area (TPSA) is 75.0 Å². The van der Waals surface area contributed by atoms with E-state index < -0.39 is 17.4 Å². The van der Waals surface area contributed by atoms with Crippen molar-refractivity contribution in [1.82, 2.24) is 10.2 Å². The van der Waals surface area contributed by atoms with Crippen LogP contribution in [0, 0.1) is 0 Å². The highest BCUT2D eigenvalue weighted by molar-refractivity contribution is 5.27. The van der Waals surface area contributed by atoms with Crippen molar-refractivity contribution in [3.8, 4) is 5.75 Å². The summed E-state index contributed by atoms with van der Waals surface area (Å²) >= 11 is 0. The van der Waals surface area contributed by atoms with Crippen LogP contribution in [0.1, 0.15) is 11.3 Å². The van der Waals surface area contributed by atoms with Gasteiger partial charge in [-0.15, -0.1) is 13.2 Å². The summed E-state index contributed by atoms with van der Waals surface area (Å²) in [6.45, 7) is 0. The number of hydrogen-bond donors (Lipinski definition) is 2. The number of aromatic nitrogens is 2. The molecule has 0 saturated carbocycles. The van der Waals surface area contributed by atoms with Crippen molar-refractivity contribution in [2.45, 2.75) is 19.2 Å². The largest absolute Gasteiger partial charge is 0.573 e. The predicted octanol–water partition coefficient (Wildman–Crippen LogP) is 1.75. The molecule has 0 amide bonds. The Labute approximate surface area is 116 Å². The fourth-order valence-corrected chi connectivity index (χ4v) is 1.73. The molecule has 2 N–H and O–H groups in total. The Morgan fingerprint density at radius 2 is 1.67 bits per heavy atom. The van der Waals surface area contributed by atoms with E-state index in [0.717, 1.165) is 5.56 Å². The Morgan fingerprint density at radius 1 is 1.00 bits per heavy atom. The smallest absolute Gasteiger partial charge is 0.406 e. The fraction of sp³-hybridized carbons (Fsp3) is 0.231. The number of alkyl halides is 3. The van der Waals surface area contributed by atoms with Crippen molar-refractivity contribution in [3.05, 3.63) is 62.2 Å². The van der Waals surface area contributed by atoms with Gasteiger partial charge in [0.25, 0.3) is 0 Å². The molecule has 0 radical (unpaired) electrons. The highest BCUT2D eigenvalue weighted by Gasteiger charge is 2.30. The minimum Gasteiger partial charge on any atom is -0.406 e. The molecule has 0 saturated heterocycles. The lowest BCUT2D eigenvalue weighted by atomic mass is 10.1. The van der Waals surface area contributed by atoms with Gasteiger partial charge >= 0.3 is 11.9 Å². The molecular formula is C13H11F3N2O3. The van der Waals surface area contributed by atoms with Gasteiger partial charge in [0.2, 0.25) is 5.43 Å². The number of hydrogen-bond acceptors (Lipinski definition) is 3. The Hall–Kier alpha value is -2.51. The van der Waals surface area contributed by atoms with Crippen LogP contribution in [0.4, 0.5) is 13.2 Å². The number of benzene rings is 1. The first-order valence-corrected chi connectivity index (χ1v) is 5.99. The lowest BCUT2D eigenvalue weighted by Gasteiger charge is -2.09. The van der Waals surface area contributed by atoms with Gasteiger partial charge in [-0.05, 0) is 30.5 Å². The molecule has 8 heteroatoms. The fourth-order valence-electron chi connectivity index (χ4n) is 1.73. The number of rotatable bonds is 4. The van der Waals surface area contributed by atoms with E-state index in [1.165, 1.54) is 30.3 Å². The zero-order valence-electron chi connectivity index (χ0n) is 10.7. The molecule has 0 unspecified atom stereocenters. The quantitative estimate of drug-likeness (QED) is 0.845. The SMILES string of the molecule is O=c1cc(CCc2ccc(OC(F)(F)F)cc2)[nH][nH]c1=O. The summed E-state index contributed by atoms with van der Waals surface area (Å²) in [5, 5.41) is 4.78. The average Bonchev–Trinajstić information content (AvgIpc) is 2.40. The summed E-state index contributed by atoms with van der Waals surface area (Å²) in [6, 6.07) is 6.65. The molecule has 1 aromatic heterocycles. The number of aromatic amines is 2. The second kappa shape index (κ2) is 5.86. The molecule has 5 nitrogen and oxygen atoms in total. The molecular weight excluding hydrogens is 289 g/mol. The lowest BCUT2D eigenvalue weighted by Crippen LogP contribution is -2.27. The Kier molecular flexibility index (Phi) is 4.15. The van der Waals surface area contributed by atoms with E-state index in [4.69, 9.17) is 0 Å². The molecule has 0 fully saturated rings. The van der Waals surface area contributed by atoms with Crippen molar-refractivity contribution in [2.75, 3.05) is 0 Å². The van der Waals surface area contributed by atoms with E-state index in [0.29, 0.717) is 18.5 Å². The molecule has 0 spiro atoms. The molecule has 0 atom stereocenters. The first kappa shape index (κ1) is 14.9. The van der Waals surface area contributed by atoms with Gasteiger partial charge in [-0.1, -0.05) is 12.1 Å². The van der Waals surface area contributed by atoms with Crippen molar-refractivity contribution in [3.63, 3.8) is 0 Å². The van der Waals surface area contributed by atoms with E-state index in [1.54, 1.807) is 0 Å². The van der Waals surface area contributed by atoms with Crippen LogP contribution in [0.25, 0.3) is 0 Å². The monoisotopic (exact) mass is 300 g/mol. The number of H-pyrrole nitrogens is 2. The molecule has 1 heterocycles. The second-order valence-electron chi connectivity index (χ2n) is 4.30. The van der Waals surface area contributed by atoms with Crippen LogP contribution in [0.3, 0.4) is 0 Å². The van der Waals surface area contributed by atoms with Gasteiger partial charge in [0.05, 0.1) is 0 Å². The summed E-state index contributed by atoms with van der Waals surface area (Å²) in [5.41, 5.74) is -0.0585. The second-order valence-corrected chi connectivity index (χ2v) is 4.30. The van der Waals surface area contributed by atoms with Crippen LogP contribution >= 0.6 is 0 Å².